The minimum atomic E-state index is -0.648. The number of likely N-dealkylation sites (N-methyl/N-ethyl adjacent to an activating group) is 1. The van der Waals surface area contributed by atoms with Crippen LogP contribution in [0.3, 0.4) is 0 Å². The van der Waals surface area contributed by atoms with Gasteiger partial charge in [-0.15, -0.1) is 11.8 Å². The van der Waals surface area contributed by atoms with E-state index >= 15 is 0 Å². The first-order valence-corrected chi connectivity index (χ1v) is 18.3. The lowest BCUT2D eigenvalue weighted by Gasteiger charge is -2.65. The van der Waals surface area contributed by atoms with Gasteiger partial charge in [0.25, 0.3) is 0 Å². The Labute approximate surface area is 292 Å². The molecule has 4 aromatic rings. The number of carbonyl (C=O) groups excluding carboxylic acids is 2. The van der Waals surface area contributed by atoms with Crippen LogP contribution >= 0.6 is 11.8 Å². The lowest BCUT2D eigenvalue weighted by molar-refractivity contribution is -0.171. The Morgan fingerprint density at radius 3 is 2.14 bits per heavy atom. The minimum Gasteiger partial charge on any atom is -0.504 e. The van der Waals surface area contributed by atoms with Gasteiger partial charge in [-0.25, -0.2) is 0 Å². The fourth-order valence-corrected chi connectivity index (χ4v) is 11.2. The van der Waals surface area contributed by atoms with Crippen molar-refractivity contribution in [3.05, 3.63) is 131 Å². The number of phenolic OH excluding ortho intramolecular Hbond substituents is 1. The molecule has 2 heterocycles. The maximum Gasteiger partial charge on any atom is 0.303 e. The SMILES string of the molecule is CC(=O)O[C@H]1CC[C@@]2(NC(=O)CCSC(c3ccccc3)(c3ccccc3)c3ccccc3)[C@H]3Cc4ccc(O)c5c4[C@@]2(CCN3C)[C@H]1O5. The summed E-state index contributed by atoms with van der Waals surface area (Å²) in [4.78, 5) is 29.1. The van der Waals surface area contributed by atoms with Crippen LogP contribution in [0.5, 0.6) is 11.5 Å². The van der Waals surface area contributed by atoms with Gasteiger partial charge in [-0.2, -0.15) is 0 Å². The zero-order valence-corrected chi connectivity index (χ0v) is 28.7. The van der Waals surface area contributed by atoms with E-state index in [4.69, 9.17) is 9.47 Å². The predicted molar refractivity (Wildman–Crippen MR) is 191 cm³/mol. The highest BCUT2D eigenvalue weighted by Crippen LogP contribution is 2.65. The number of nitrogens with zero attached hydrogens (tertiary/aromatic N) is 1. The molecule has 8 heteroatoms. The molecule has 0 aromatic heterocycles. The first-order valence-electron chi connectivity index (χ1n) is 17.3. The minimum absolute atomic E-state index is 0.00278. The van der Waals surface area contributed by atoms with Gasteiger partial charge in [0, 0.05) is 30.7 Å². The topological polar surface area (TPSA) is 88.1 Å². The molecule has 0 unspecified atom stereocenters. The van der Waals surface area contributed by atoms with Crippen molar-refractivity contribution < 1.29 is 24.2 Å². The number of ether oxygens (including phenoxy) is 2. The number of benzene rings is 4. The lowest BCUT2D eigenvalue weighted by atomic mass is 9.47. The van der Waals surface area contributed by atoms with Gasteiger partial charge in [0.15, 0.2) is 11.5 Å². The van der Waals surface area contributed by atoms with E-state index in [1.807, 2.05) is 24.3 Å². The van der Waals surface area contributed by atoms with E-state index in [9.17, 15) is 14.7 Å². The van der Waals surface area contributed by atoms with Gasteiger partial charge in [0.1, 0.15) is 12.2 Å². The number of hydrogen-bond donors (Lipinski definition) is 2. The van der Waals surface area contributed by atoms with E-state index in [0.717, 1.165) is 47.2 Å². The van der Waals surface area contributed by atoms with Gasteiger partial charge in [-0.3, -0.25) is 9.59 Å². The molecule has 2 aliphatic heterocycles. The van der Waals surface area contributed by atoms with Crippen LogP contribution in [0.25, 0.3) is 0 Å². The van der Waals surface area contributed by atoms with Gasteiger partial charge in [-0.1, -0.05) is 97.1 Å². The van der Waals surface area contributed by atoms with Crippen LogP contribution in [-0.2, 0) is 30.9 Å². The number of carbonyl (C=O) groups is 2. The van der Waals surface area contributed by atoms with E-state index in [1.54, 1.807) is 17.8 Å². The standard InChI is InChI=1S/C41H42N2O5S/c1-27(44)47-33-20-22-40(34-26-28-18-19-32(45)37-36(28)39(40,38(33)48-37)23-24-43(34)2)42-35(46)21-25-49-41(29-12-6-3-7-13-29,30-14-8-4-9-15-30)31-16-10-5-11-17-31/h3-19,33-34,38,45H,20-26H2,1-2H3,(H,42,46)/t33-,34+,38-,39-,40+/m0/s1. The number of amides is 1. The lowest BCUT2D eigenvalue weighted by Crippen LogP contribution is -2.82. The number of hydrogen-bond acceptors (Lipinski definition) is 7. The third-order valence-electron chi connectivity index (χ3n) is 11.6. The van der Waals surface area contributed by atoms with Crippen LogP contribution < -0.4 is 10.1 Å². The number of nitrogens with one attached hydrogen (secondary N) is 1. The summed E-state index contributed by atoms with van der Waals surface area (Å²) in [7, 11) is 2.14. The van der Waals surface area contributed by atoms with E-state index in [2.05, 4.69) is 90.1 Å². The molecule has 2 fully saturated rings. The Kier molecular flexibility index (Phi) is 7.99. The predicted octanol–water partition coefficient (Wildman–Crippen LogP) is 6.35. The zero-order chi connectivity index (χ0) is 33.8. The van der Waals surface area contributed by atoms with Crippen LogP contribution in [-0.4, -0.2) is 65.0 Å². The summed E-state index contributed by atoms with van der Waals surface area (Å²) in [6, 6.07) is 35.4. The van der Waals surface area contributed by atoms with Crippen molar-refractivity contribution in [1.29, 1.82) is 0 Å². The van der Waals surface area contributed by atoms with E-state index in [1.165, 1.54) is 6.92 Å². The smallest absolute Gasteiger partial charge is 0.303 e. The van der Waals surface area contributed by atoms with Crippen LogP contribution in [0, 0.1) is 0 Å². The zero-order valence-electron chi connectivity index (χ0n) is 27.9. The average molecular weight is 675 g/mol. The molecule has 1 saturated heterocycles. The normalized spacial score (nSPS) is 26.7. The number of likely N-dealkylation sites (tertiary alicyclic amines) is 1. The highest BCUT2D eigenvalue weighted by atomic mass is 32.2. The largest absolute Gasteiger partial charge is 0.504 e. The average Bonchev–Trinajstić information content (AvgIpc) is 3.48. The summed E-state index contributed by atoms with van der Waals surface area (Å²) >= 11 is 1.79. The van der Waals surface area contributed by atoms with Crippen LogP contribution in [0.1, 0.15) is 60.4 Å². The molecule has 4 aromatic carbocycles. The van der Waals surface area contributed by atoms with Gasteiger partial charge in [-0.05, 0) is 67.6 Å². The Bertz CT molecular complexity index is 1770. The monoisotopic (exact) mass is 674 g/mol. The molecule has 1 spiro atoms. The molecule has 1 saturated carbocycles. The number of aromatic hydroxyl groups is 1. The van der Waals surface area contributed by atoms with E-state index in [0.29, 0.717) is 30.8 Å². The van der Waals surface area contributed by atoms with Crippen molar-refractivity contribution in [1.82, 2.24) is 10.2 Å². The molecule has 252 valence electrons. The number of thioether (sulfide) groups is 1. The van der Waals surface area contributed by atoms with Crippen molar-refractivity contribution in [3.63, 3.8) is 0 Å². The summed E-state index contributed by atoms with van der Waals surface area (Å²) in [6.07, 6.45) is 2.03. The number of piperidine rings is 1. The van der Waals surface area contributed by atoms with Crippen molar-refractivity contribution in [2.45, 2.75) is 73.0 Å². The number of esters is 1. The summed E-state index contributed by atoms with van der Waals surface area (Å²) in [6.45, 7) is 2.25. The molecule has 2 bridgehead atoms. The summed E-state index contributed by atoms with van der Waals surface area (Å²) in [5.74, 6) is 0.816. The Balaban J connectivity index is 1.14. The molecule has 5 atom stereocenters. The van der Waals surface area contributed by atoms with Gasteiger partial charge < -0.3 is 24.8 Å². The van der Waals surface area contributed by atoms with E-state index < -0.39 is 27.9 Å². The van der Waals surface area contributed by atoms with Gasteiger partial charge >= 0.3 is 5.97 Å². The van der Waals surface area contributed by atoms with Crippen LogP contribution in [0.15, 0.2) is 103 Å². The van der Waals surface area contributed by atoms with Gasteiger partial charge in [0.05, 0.1) is 15.7 Å². The molecule has 7 nitrogen and oxygen atoms in total. The second-order valence-corrected chi connectivity index (χ2v) is 15.3. The molecule has 2 aliphatic carbocycles. The highest BCUT2D eigenvalue weighted by molar-refractivity contribution is 8.00. The first kappa shape index (κ1) is 32.0. The molecule has 49 heavy (non-hydrogen) atoms. The Morgan fingerprint density at radius 2 is 1.55 bits per heavy atom. The molecule has 0 radical (unpaired) electrons. The maximum absolute atomic E-state index is 14.4. The van der Waals surface area contributed by atoms with Crippen molar-refractivity contribution >= 4 is 23.6 Å². The third-order valence-corrected chi connectivity index (χ3v) is 13.1. The Morgan fingerprint density at radius 1 is 0.939 bits per heavy atom. The number of rotatable bonds is 9. The highest BCUT2D eigenvalue weighted by Gasteiger charge is 2.74. The maximum atomic E-state index is 14.4. The summed E-state index contributed by atoms with van der Waals surface area (Å²) in [5.41, 5.74) is 4.34. The molecular formula is C41H42N2O5S. The molecular weight excluding hydrogens is 633 g/mol. The summed E-state index contributed by atoms with van der Waals surface area (Å²) < 4.78 is 12.0. The second-order valence-electron chi connectivity index (χ2n) is 14.0. The number of phenols is 1. The molecule has 2 N–H and O–H groups in total. The second kappa shape index (κ2) is 12.3. The van der Waals surface area contributed by atoms with E-state index in [-0.39, 0.29) is 23.7 Å². The molecule has 8 rings (SSSR count). The fourth-order valence-electron chi connectivity index (χ4n) is 9.72. The quantitative estimate of drug-likeness (QED) is 0.158. The van der Waals surface area contributed by atoms with Crippen LogP contribution in [0.4, 0.5) is 0 Å². The van der Waals surface area contributed by atoms with Gasteiger partial charge in [0.2, 0.25) is 5.91 Å². The van der Waals surface area contributed by atoms with Crippen molar-refractivity contribution in [2.24, 2.45) is 0 Å². The van der Waals surface area contributed by atoms with Crippen molar-refractivity contribution in [3.8, 4) is 11.5 Å². The fraction of sp³-hybridized carbons (Fsp3) is 0.366. The molecule has 4 aliphatic rings. The Hall–Kier alpha value is -4.27. The third kappa shape index (κ3) is 4.82. The summed E-state index contributed by atoms with van der Waals surface area (Å²) in [5, 5.41) is 14.7. The first-order chi connectivity index (χ1) is 23.8. The van der Waals surface area contributed by atoms with Crippen LogP contribution in [0.2, 0.25) is 0 Å². The van der Waals surface area contributed by atoms with Crippen molar-refractivity contribution in [2.75, 3.05) is 19.3 Å². The molecule has 1 amide bonds.